The number of benzene rings is 2. The minimum atomic E-state index is -3.47. The fourth-order valence-corrected chi connectivity index (χ4v) is 4.69. The largest absolute Gasteiger partial charge is 0.493 e. The van der Waals surface area contributed by atoms with Crippen molar-refractivity contribution in [2.75, 3.05) is 26.1 Å². The molecule has 1 amide bonds. The summed E-state index contributed by atoms with van der Waals surface area (Å²) in [5.74, 6) is -0.685. The van der Waals surface area contributed by atoms with E-state index in [1.54, 1.807) is 32.0 Å². The zero-order chi connectivity index (χ0) is 24.7. The summed E-state index contributed by atoms with van der Waals surface area (Å²) < 4.78 is 34.1. The van der Waals surface area contributed by atoms with Gasteiger partial charge in [0, 0.05) is 18.1 Å². The van der Waals surface area contributed by atoms with E-state index in [1.807, 2.05) is 0 Å². The SMILES string of the molecule is CCOP(=O)(CNC(=O)c1cc(OC(=O)c2ccc(N=C(N)N)cc2)cc2c1CCO2)OCC. The second kappa shape index (κ2) is 11.1. The molecule has 1 aliphatic rings. The van der Waals surface area contributed by atoms with Crippen molar-refractivity contribution in [1.82, 2.24) is 5.32 Å². The fourth-order valence-electron chi connectivity index (χ4n) is 3.30. The number of nitrogens with two attached hydrogens (primary N) is 2. The minimum Gasteiger partial charge on any atom is -0.493 e. The number of carbonyl (C=O) groups excluding carboxylic acids is 2. The number of esters is 1. The van der Waals surface area contributed by atoms with E-state index in [-0.39, 0.29) is 42.3 Å². The van der Waals surface area contributed by atoms with Crippen LogP contribution >= 0.6 is 7.60 Å². The van der Waals surface area contributed by atoms with Crippen molar-refractivity contribution in [3.8, 4) is 11.5 Å². The van der Waals surface area contributed by atoms with E-state index in [9.17, 15) is 14.2 Å². The summed E-state index contributed by atoms with van der Waals surface area (Å²) >= 11 is 0. The number of aliphatic imine (C=N–C) groups is 1. The van der Waals surface area contributed by atoms with Crippen LogP contribution in [0.1, 0.15) is 40.1 Å². The van der Waals surface area contributed by atoms with Gasteiger partial charge in [-0.2, -0.15) is 0 Å². The molecule has 0 aromatic heterocycles. The van der Waals surface area contributed by atoms with Crippen LogP contribution in [0.2, 0.25) is 0 Å². The summed E-state index contributed by atoms with van der Waals surface area (Å²) in [7, 11) is -3.47. The molecule has 0 saturated heterocycles. The molecule has 5 N–H and O–H groups in total. The van der Waals surface area contributed by atoms with Crippen LogP contribution in [0.25, 0.3) is 0 Å². The summed E-state index contributed by atoms with van der Waals surface area (Å²) in [5, 5.41) is 2.59. The maximum absolute atomic E-state index is 12.9. The topological polar surface area (TPSA) is 165 Å². The van der Waals surface area contributed by atoms with E-state index in [4.69, 9.17) is 30.0 Å². The molecular formula is C22H27N4O7P. The second-order valence-electron chi connectivity index (χ2n) is 7.13. The van der Waals surface area contributed by atoms with Crippen LogP contribution in [-0.4, -0.2) is 43.9 Å². The lowest BCUT2D eigenvalue weighted by molar-refractivity contribution is 0.0733. The molecule has 0 unspecified atom stereocenters. The zero-order valence-electron chi connectivity index (χ0n) is 18.9. The normalized spacial score (nSPS) is 12.4. The lowest BCUT2D eigenvalue weighted by atomic mass is 10.0. The van der Waals surface area contributed by atoms with Gasteiger partial charge in [0.05, 0.1) is 36.6 Å². The third kappa shape index (κ3) is 6.34. The van der Waals surface area contributed by atoms with Crippen molar-refractivity contribution in [3.63, 3.8) is 0 Å². The van der Waals surface area contributed by atoms with Gasteiger partial charge in [-0.3, -0.25) is 9.36 Å². The average Bonchev–Trinajstić information content (AvgIpc) is 3.26. The molecule has 34 heavy (non-hydrogen) atoms. The van der Waals surface area contributed by atoms with Gasteiger partial charge in [-0.25, -0.2) is 9.79 Å². The molecule has 0 saturated carbocycles. The Kier molecular flexibility index (Phi) is 8.27. The molecule has 3 rings (SSSR count). The molecule has 12 heteroatoms. The van der Waals surface area contributed by atoms with E-state index >= 15 is 0 Å². The molecule has 2 aromatic carbocycles. The predicted octanol–water partition coefficient (Wildman–Crippen LogP) is 2.70. The van der Waals surface area contributed by atoms with Crippen LogP contribution in [0, 0.1) is 0 Å². The highest BCUT2D eigenvalue weighted by molar-refractivity contribution is 7.53. The molecule has 11 nitrogen and oxygen atoms in total. The Hall–Kier alpha value is -3.40. The molecule has 1 heterocycles. The van der Waals surface area contributed by atoms with Gasteiger partial charge in [0.1, 0.15) is 17.8 Å². The smallest absolute Gasteiger partial charge is 0.349 e. The lowest BCUT2D eigenvalue weighted by Gasteiger charge is -2.18. The first-order valence-corrected chi connectivity index (χ1v) is 12.4. The molecule has 0 radical (unpaired) electrons. The highest BCUT2D eigenvalue weighted by Crippen LogP contribution is 2.46. The molecule has 0 aliphatic carbocycles. The molecule has 0 atom stereocenters. The maximum atomic E-state index is 12.9. The number of nitrogens with zero attached hydrogens (tertiary/aromatic N) is 1. The van der Waals surface area contributed by atoms with E-state index in [0.717, 1.165) is 0 Å². The Morgan fingerprint density at radius 1 is 1.12 bits per heavy atom. The standard InChI is InChI=1S/C22H27N4O7P/c1-3-31-34(29,32-4-2)13-25-20(27)18-11-16(12-19-17(18)9-10-30-19)33-21(28)14-5-7-15(8-6-14)26-22(23)24/h5-8,11-12H,3-4,9-10,13H2,1-2H3,(H,25,27)(H4,23,24,26). The summed E-state index contributed by atoms with van der Waals surface area (Å²) in [4.78, 5) is 29.4. The number of ether oxygens (including phenoxy) is 2. The highest BCUT2D eigenvalue weighted by Gasteiger charge is 2.27. The molecule has 0 fully saturated rings. The third-order valence-electron chi connectivity index (χ3n) is 4.69. The quantitative estimate of drug-likeness (QED) is 0.149. The monoisotopic (exact) mass is 490 g/mol. The Bertz CT molecular complexity index is 1120. The summed E-state index contributed by atoms with van der Waals surface area (Å²) in [6, 6.07) is 9.16. The number of amides is 1. The number of hydrogen-bond donors (Lipinski definition) is 3. The van der Waals surface area contributed by atoms with Crippen molar-refractivity contribution < 1.29 is 32.7 Å². The van der Waals surface area contributed by atoms with Gasteiger partial charge in [0.15, 0.2) is 5.96 Å². The Morgan fingerprint density at radius 3 is 2.41 bits per heavy atom. The van der Waals surface area contributed by atoms with Crippen LogP contribution in [0.15, 0.2) is 41.4 Å². The lowest BCUT2D eigenvalue weighted by Crippen LogP contribution is -2.26. The molecule has 2 aromatic rings. The van der Waals surface area contributed by atoms with E-state index in [2.05, 4.69) is 10.3 Å². The first kappa shape index (κ1) is 25.2. The van der Waals surface area contributed by atoms with E-state index in [1.165, 1.54) is 18.2 Å². The van der Waals surface area contributed by atoms with Crippen LogP contribution in [-0.2, 0) is 20.0 Å². The molecule has 0 spiro atoms. The van der Waals surface area contributed by atoms with Gasteiger partial charge in [-0.15, -0.1) is 0 Å². The number of fused-ring (bicyclic) bond motifs is 1. The highest BCUT2D eigenvalue weighted by atomic mass is 31.2. The van der Waals surface area contributed by atoms with Gasteiger partial charge in [-0.1, -0.05) is 0 Å². The average molecular weight is 490 g/mol. The van der Waals surface area contributed by atoms with Crippen molar-refractivity contribution in [2.24, 2.45) is 16.5 Å². The summed E-state index contributed by atoms with van der Waals surface area (Å²) in [6.07, 6.45) is 0.211. The van der Waals surface area contributed by atoms with Crippen LogP contribution in [0.4, 0.5) is 5.69 Å². The predicted molar refractivity (Wildman–Crippen MR) is 126 cm³/mol. The molecule has 1 aliphatic heterocycles. The first-order valence-electron chi connectivity index (χ1n) is 10.6. The fraction of sp³-hybridized carbons (Fsp3) is 0.318. The number of guanidine groups is 1. The zero-order valence-corrected chi connectivity index (χ0v) is 19.8. The Morgan fingerprint density at radius 2 is 1.79 bits per heavy atom. The molecule has 0 bridgehead atoms. The van der Waals surface area contributed by atoms with Crippen LogP contribution in [0.3, 0.4) is 0 Å². The number of rotatable bonds is 10. The number of carbonyl (C=O) groups is 2. The maximum Gasteiger partial charge on any atom is 0.349 e. The second-order valence-corrected chi connectivity index (χ2v) is 9.18. The number of hydrogen-bond acceptors (Lipinski definition) is 8. The van der Waals surface area contributed by atoms with E-state index in [0.29, 0.717) is 30.0 Å². The van der Waals surface area contributed by atoms with Crippen molar-refractivity contribution in [2.45, 2.75) is 20.3 Å². The summed E-state index contributed by atoms with van der Waals surface area (Å²) in [6.45, 7) is 4.10. The third-order valence-corrected chi connectivity index (χ3v) is 6.54. The molecule has 182 valence electrons. The Labute approximate surface area is 196 Å². The molecular weight excluding hydrogens is 463 g/mol. The minimum absolute atomic E-state index is 0.0989. The first-order chi connectivity index (χ1) is 16.2. The van der Waals surface area contributed by atoms with Crippen LogP contribution in [0.5, 0.6) is 11.5 Å². The van der Waals surface area contributed by atoms with E-state index < -0.39 is 19.5 Å². The van der Waals surface area contributed by atoms with Crippen molar-refractivity contribution in [1.29, 1.82) is 0 Å². The van der Waals surface area contributed by atoms with Crippen molar-refractivity contribution in [3.05, 3.63) is 53.1 Å². The van der Waals surface area contributed by atoms with Crippen molar-refractivity contribution >= 4 is 31.1 Å². The number of nitrogens with one attached hydrogen (secondary N) is 1. The van der Waals surface area contributed by atoms with Gasteiger partial charge >= 0.3 is 13.6 Å². The van der Waals surface area contributed by atoms with Gasteiger partial charge in [0.25, 0.3) is 5.91 Å². The van der Waals surface area contributed by atoms with Gasteiger partial charge in [0.2, 0.25) is 0 Å². The Balaban J connectivity index is 1.78. The van der Waals surface area contributed by atoms with Gasteiger partial charge < -0.3 is 35.3 Å². The summed E-state index contributed by atoms with van der Waals surface area (Å²) in [5.41, 5.74) is 12.4. The van der Waals surface area contributed by atoms with Gasteiger partial charge in [-0.05, 0) is 44.2 Å². The van der Waals surface area contributed by atoms with Crippen LogP contribution < -0.4 is 26.3 Å².